The Balaban J connectivity index is 1.46. The monoisotopic (exact) mass is 614 g/mol. The van der Waals surface area contributed by atoms with E-state index in [1.165, 1.54) is 13.8 Å². The van der Waals surface area contributed by atoms with Crippen molar-refractivity contribution in [3.63, 3.8) is 0 Å². The molecule has 0 saturated carbocycles. The second-order valence-corrected chi connectivity index (χ2v) is 10.7. The van der Waals surface area contributed by atoms with Crippen LogP contribution in [-0.4, -0.2) is 40.0 Å². The van der Waals surface area contributed by atoms with Crippen LogP contribution in [0, 0.1) is 0 Å². The average Bonchev–Trinajstić information content (AvgIpc) is 3.06. The molecule has 0 spiro atoms. The second-order valence-electron chi connectivity index (χ2n) is 10.7. The summed E-state index contributed by atoms with van der Waals surface area (Å²) >= 11 is 0. The third-order valence-electron chi connectivity index (χ3n) is 7.37. The van der Waals surface area contributed by atoms with Gasteiger partial charge in [-0.2, -0.15) is 0 Å². The van der Waals surface area contributed by atoms with Crippen LogP contribution in [0.25, 0.3) is 32.7 Å². The summed E-state index contributed by atoms with van der Waals surface area (Å²) < 4.78 is 15.2. The zero-order valence-electron chi connectivity index (χ0n) is 25.3. The van der Waals surface area contributed by atoms with Crippen LogP contribution >= 0.6 is 0 Å². The van der Waals surface area contributed by atoms with E-state index in [0.717, 1.165) is 55.5 Å². The molecule has 0 saturated heterocycles. The lowest BCUT2D eigenvalue weighted by molar-refractivity contribution is -0.143. The smallest absolute Gasteiger partial charge is 0.303 e. The Labute approximate surface area is 264 Å². The number of rotatable bonds is 11. The first-order chi connectivity index (χ1) is 22.4. The van der Waals surface area contributed by atoms with E-state index in [9.17, 15) is 14.4 Å². The van der Waals surface area contributed by atoms with Gasteiger partial charge in [0.2, 0.25) is 0 Å². The molecule has 6 aromatic rings. The van der Waals surface area contributed by atoms with E-state index in [0.29, 0.717) is 24.3 Å². The fraction of sp³-hybridized carbons (Fsp3) is 0.167. The highest BCUT2D eigenvalue weighted by Crippen LogP contribution is 2.38. The maximum Gasteiger partial charge on any atom is 0.303 e. The molecule has 0 aliphatic heterocycles. The van der Waals surface area contributed by atoms with Gasteiger partial charge in [0.15, 0.2) is 0 Å². The predicted molar refractivity (Wildman–Crippen MR) is 174 cm³/mol. The van der Waals surface area contributed by atoms with E-state index in [1.807, 2.05) is 91.0 Å². The molecule has 10 nitrogen and oxygen atoms in total. The minimum Gasteiger partial charge on any atom is -0.467 e. The molecule has 0 N–H and O–H groups in total. The van der Waals surface area contributed by atoms with Crippen molar-refractivity contribution in [3.05, 3.63) is 108 Å². The number of pyridine rings is 3. The minimum atomic E-state index is -0.368. The largest absolute Gasteiger partial charge is 0.467 e. The van der Waals surface area contributed by atoms with Crippen molar-refractivity contribution in [3.8, 4) is 0 Å². The zero-order chi connectivity index (χ0) is 32.0. The average molecular weight is 615 g/mol. The first-order valence-electron chi connectivity index (χ1n) is 14.7. The third-order valence-corrected chi connectivity index (χ3v) is 7.37. The van der Waals surface area contributed by atoms with E-state index in [1.54, 1.807) is 0 Å². The normalized spacial score (nSPS) is 11.0. The van der Waals surface area contributed by atoms with Crippen molar-refractivity contribution in [2.75, 3.05) is 11.5 Å². The molecule has 230 valence electrons. The van der Waals surface area contributed by atoms with Crippen LogP contribution in [0.2, 0.25) is 0 Å². The van der Waals surface area contributed by atoms with Crippen molar-refractivity contribution in [1.82, 2.24) is 15.0 Å². The third kappa shape index (κ3) is 6.91. The van der Waals surface area contributed by atoms with Crippen molar-refractivity contribution < 1.29 is 28.6 Å². The van der Waals surface area contributed by atoms with Gasteiger partial charge in [-0.1, -0.05) is 36.4 Å². The molecule has 0 atom stereocenters. The molecule has 3 heterocycles. The van der Waals surface area contributed by atoms with Crippen molar-refractivity contribution >= 4 is 68.2 Å². The van der Waals surface area contributed by atoms with Gasteiger partial charge in [0.1, 0.15) is 13.2 Å². The maximum absolute atomic E-state index is 11.4. The van der Waals surface area contributed by atoms with E-state index in [-0.39, 0.29) is 31.8 Å². The van der Waals surface area contributed by atoms with Crippen LogP contribution in [0.15, 0.2) is 91.0 Å². The molecular formula is C36H30N4O6. The number of nitrogens with zero attached hydrogens (tertiary/aromatic N) is 4. The van der Waals surface area contributed by atoms with Gasteiger partial charge in [0.05, 0.1) is 34.5 Å². The van der Waals surface area contributed by atoms with Gasteiger partial charge in [-0.05, 0) is 54.6 Å². The summed E-state index contributed by atoms with van der Waals surface area (Å²) in [5.41, 5.74) is 6.90. The van der Waals surface area contributed by atoms with E-state index in [2.05, 4.69) is 4.90 Å². The Hall–Kier alpha value is -5.90. The number of ether oxygens (including phenoxy) is 3. The lowest BCUT2D eigenvalue weighted by Gasteiger charge is -2.26. The molecule has 0 aliphatic rings. The number of hydrogen-bond donors (Lipinski definition) is 0. The number of hydrogen-bond acceptors (Lipinski definition) is 10. The first-order valence-corrected chi connectivity index (χ1v) is 14.7. The fourth-order valence-electron chi connectivity index (χ4n) is 5.17. The van der Waals surface area contributed by atoms with Crippen molar-refractivity contribution in [2.45, 2.75) is 33.5 Å². The van der Waals surface area contributed by atoms with Crippen LogP contribution in [0.5, 0.6) is 0 Å². The van der Waals surface area contributed by atoms with Gasteiger partial charge in [-0.3, -0.25) is 19.4 Å². The Morgan fingerprint density at radius 1 is 0.609 bits per heavy atom. The van der Waals surface area contributed by atoms with Gasteiger partial charge in [0, 0.05) is 59.2 Å². The molecule has 0 aliphatic carbocycles. The highest BCUT2D eigenvalue weighted by molar-refractivity contribution is 5.92. The number of anilines is 3. The molecule has 6 rings (SSSR count). The molecule has 0 unspecified atom stereocenters. The Kier molecular flexibility index (Phi) is 8.78. The first kappa shape index (κ1) is 30.1. The Morgan fingerprint density at radius 3 is 1.41 bits per heavy atom. The quantitative estimate of drug-likeness (QED) is 0.0679. The lowest BCUT2D eigenvalue weighted by Crippen LogP contribution is -2.10. The summed E-state index contributed by atoms with van der Waals surface area (Å²) in [6.45, 7) is 3.60. The van der Waals surface area contributed by atoms with Crippen LogP contribution in [0.1, 0.15) is 30.9 Å². The highest BCUT2D eigenvalue weighted by atomic mass is 16.5. The second kappa shape index (κ2) is 13.4. The molecule has 3 aromatic carbocycles. The topological polar surface area (TPSA) is 121 Å². The summed E-state index contributed by atoms with van der Waals surface area (Å²) in [5.74, 6) is -0.737. The molecule has 0 amide bonds. The Bertz CT molecular complexity index is 2000. The molecule has 10 heteroatoms. The van der Waals surface area contributed by atoms with E-state index in [4.69, 9.17) is 29.2 Å². The molecule has 3 aromatic heterocycles. The Morgan fingerprint density at radius 2 is 1.00 bits per heavy atom. The van der Waals surface area contributed by atoms with Crippen molar-refractivity contribution in [2.24, 2.45) is 0 Å². The summed E-state index contributed by atoms with van der Waals surface area (Å²) in [5, 5.41) is 2.84. The molecule has 0 bridgehead atoms. The summed E-state index contributed by atoms with van der Waals surface area (Å²) in [4.78, 5) is 49.9. The predicted octanol–water partition coefficient (Wildman–Crippen LogP) is 6.64. The molecular weight excluding hydrogens is 584 g/mol. The summed E-state index contributed by atoms with van der Waals surface area (Å²) in [6, 6.07) is 29.6. The molecule has 0 fully saturated rings. The van der Waals surface area contributed by atoms with Crippen LogP contribution in [0.4, 0.5) is 17.1 Å². The zero-order valence-corrected chi connectivity index (χ0v) is 25.3. The number of aromatic nitrogens is 3. The molecule has 0 radical (unpaired) electrons. The number of carbonyl (C=O) groups excluding carboxylic acids is 3. The SMILES string of the molecule is CC(=O)OCc1ccc2ccc(N(c3ccc4ccc(CCOC=O)nc4c3)c3ccc4ccc(COC(C)=O)nc4c3)cc2n1. The van der Waals surface area contributed by atoms with Gasteiger partial charge < -0.3 is 19.1 Å². The number of carbonyl (C=O) groups is 3. The van der Waals surface area contributed by atoms with Crippen LogP contribution < -0.4 is 4.90 Å². The number of esters is 2. The standard InChI is InChI=1S/C36H30N4O6/c1-23(42)45-20-29-10-4-26-7-13-32(18-35(26)38-29)40(31-12-6-25-3-9-28(15-16-44-22-41)37-34(25)17-31)33-14-8-27-5-11-30(21-46-24(2)43)39-36(27)19-33/h3-14,17-19,22H,15-16,20-21H2,1-2H3. The van der Waals surface area contributed by atoms with Crippen molar-refractivity contribution in [1.29, 1.82) is 0 Å². The highest BCUT2D eigenvalue weighted by Gasteiger charge is 2.16. The van der Waals surface area contributed by atoms with E-state index >= 15 is 0 Å². The molecule has 46 heavy (non-hydrogen) atoms. The summed E-state index contributed by atoms with van der Waals surface area (Å²) in [6.07, 6.45) is 0.501. The van der Waals surface area contributed by atoms with Crippen LogP contribution in [-0.2, 0) is 48.2 Å². The number of benzene rings is 3. The fourth-order valence-corrected chi connectivity index (χ4v) is 5.17. The van der Waals surface area contributed by atoms with Gasteiger partial charge in [-0.15, -0.1) is 0 Å². The van der Waals surface area contributed by atoms with E-state index < -0.39 is 0 Å². The van der Waals surface area contributed by atoms with Crippen LogP contribution in [0.3, 0.4) is 0 Å². The summed E-state index contributed by atoms with van der Waals surface area (Å²) in [7, 11) is 0. The number of fused-ring (bicyclic) bond motifs is 3. The van der Waals surface area contributed by atoms with Gasteiger partial charge in [0.25, 0.3) is 6.47 Å². The van der Waals surface area contributed by atoms with Gasteiger partial charge >= 0.3 is 11.9 Å². The minimum absolute atomic E-state index is 0.0851. The maximum atomic E-state index is 11.4. The van der Waals surface area contributed by atoms with Gasteiger partial charge in [-0.25, -0.2) is 9.97 Å². The lowest BCUT2D eigenvalue weighted by atomic mass is 10.1.